The zero-order chi connectivity index (χ0) is 17.9. The van der Waals surface area contributed by atoms with Gasteiger partial charge in [0, 0.05) is 37.3 Å². The molecule has 1 aliphatic heterocycles. The van der Waals surface area contributed by atoms with Gasteiger partial charge in [-0.3, -0.25) is 9.69 Å². The minimum atomic E-state index is 0.228. The van der Waals surface area contributed by atoms with Gasteiger partial charge in [0.1, 0.15) is 5.01 Å². The smallest absolute Gasteiger partial charge is 0.227 e. The van der Waals surface area contributed by atoms with Crippen molar-refractivity contribution < 1.29 is 4.79 Å². The molecule has 4 rings (SSSR count). The molecule has 1 aromatic heterocycles. The lowest BCUT2D eigenvalue weighted by Gasteiger charge is -2.34. The summed E-state index contributed by atoms with van der Waals surface area (Å²) in [4.78, 5) is 21.7. The molecule has 0 bridgehead atoms. The maximum absolute atomic E-state index is 12.8. The lowest BCUT2D eigenvalue weighted by atomic mass is 10.0. The van der Waals surface area contributed by atoms with Crippen molar-refractivity contribution >= 4 is 28.0 Å². The maximum Gasteiger partial charge on any atom is 0.227 e. The highest BCUT2D eigenvalue weighted by molar-refractivity contribution is 7.09. The van der Waals surface area contributed by atoms with Gasteiger partial charge in [0.25, 0.3) is 0 Å². The number of benzene rings is 2. The Bertz CT molecular complexity index is 907. The van der Waals surface area contributed by atoms with Gasteiger partial charge in [0.2, 0.25) is 5.91 Å². The van der Waals surface area contributed by atoms with Gasteiger partial charge in [0.05, 0.1) is 13.0 Å². The highest BCUT2D eigenvalue weighted by Crippen LogP contribution is 2.20. The fourth-order valence-corrected chi connectivity index (χ4v) is 4.36. The van der Waals surface area contributed by atoms with Crippen molar-refractivity contribution in [3.63, 3.8) is 0 Å². The average Bonchev–Trinajstić information content (AvgIpc) is 3.07. The van der Waals surface area contributed by atoms with Crippen LogP contribution in [0.15, 0.2) is 47.8 Å². The molecular formula is C21H23N3OS. The van der Waals surface area contributed by atoms with E-state index in [1.165, 1.54) is 10.8 Å². The van der Waals surface area contributed by atoms with Crippen molar-refractivity contribution in [2.75, 3.05) is 26.2 Å². The van der Waals surface area contributed by atoms with Crippen LogP contribution in [-0.4, -0.2) is 46.9 Å². The molecule has 2 aromatic carbocycles. The summed E-state index contributed by atoms with van der Waals surface area (Å²) in [5.41, 5.74) is 2.21. The maximum atomic E-state index is 12.8. The van der Waals surface area contributed by atoms with Crippen LogP contribution in [-0.2, 0) is 17.8 Å². The summed E-state index contributed by atoms with van der Waals surface area (Å²) in [5, 5.41) is 5.64. The quantitative estimate of drug-likeness (QED) is 0.710. The lowest BCUT2D eigenvalue weighted by molar-refractivity contribution is -0.132. The van der Waals surface area contributed by atoms with Crippen LogP contribution in [0.3, 0.4) is 0 Å². The first-order valence-corrected chi connectivity index (χ1v) is 9.95. The third-order valence-corrected chi connectivity index (χ3v) is 5.92. The second-order valence-electron chi connectivity index (χ2n) is 6.85. The van der Waals surface area contributed by atoms with E-state index in [0.717, 1.165) is 49.0 Å². The number of fused-ring (bicyclic) bond motifs is 1. The van der Waals surface area contributed by atoms with E-state index in [2.05, 4.69) is 39.5 Å². The molecule has 0 unspecified atom stereocenters. The second-order valence-corrected chi connectivity index (χ2v) is 7.80. The van der Waals surface area contributed by atoms with Crippen LogP contribution in [0.4, 0.5) is 0 Å². The number of carbonyl (C=O) groups excluding carboxylic acids is 1. The van der Waals surface area contributed by atoms with Crippen LogP contribution >= 0.6 is 11.3 Å². The molecule has 1 saturated heterocycles. The summed E-state index contributed by atoms with van der Waals surface area (Å²) < 4.78 is 0. The molecule has 3 aromatic rings. The van der Waals surface area contributed by atoms with Crippen LogP contribution in [0.1, 0.15) is 16.3 Å². The highest BCUT2D eigenvalue weighted by atomic mass is 32.1. The number of carbonyl (C=O) groups is 1. The van der Waals surface area contributed by atoms with E-state index < -0.39 is 0 Å². The van der Waals surface area contributed by atoms with Crippen LogP contribution in [0.5, 0.6) is 0 Å². The first-order chi connectivity index (χ1) is 12.7. The average molecular weight is 366 g/mol. The van der Waals surface area contributed by atoms with Gasteiger partial charge < -0.3 is 4.90 Å². The fourth-order valence-electron chi connectivity index (χ4n) is 3.54. The number of aryl methyl sites for hydroxylation is 1. The van der Waals surface area contributed by atoms with E-state index in [9.17, 15) is 4.79 Å². The Morgan fingerprint density at radius 2 is 1.85 bits per heavy atom. The topological polar surface area (TPSA) is 36.4 Å². The number of hydrogen-bond donors (Lipinski definition) is 0. The predicted octanol–water partition coefficient (Wildman–Crippen LogP) is 3.49. The van der Waals surface area contributed by atoms with E-state index in [-0.39, 0.29) is 5.91 Å². The molecule has 1 fully saturated rings. The molecule has 0 spiro atoms. The number of amides is 1. The molecule has 1 amide bonds. The first kappa shape index (κ1) is 17.2. The number of piperazine rings is 1. The minimum absolute atomic E-state index is 0.228. The standard InChI is InChI=1S/C21H23N3OS/c1-16-15-26-20(22-16)14-23-9-11-24(12-10-23)21(25)13-18-7-4-6-17-5-2-3-8-19(17)18/h2-8,15H,9-14H2,1H3. The van der Waals surface area contributed by atoms with Crippen molar-refractivity contribution in [2.45, 2.75) is 19.9 Å². The SMILES string of the molecule is Cc1csc(CN2CCN(C(=O)Cc3cccc4ccccc34)CC2)n1. The van der Waals surface area contributed by atoms with Gasteiger partial charge in [-0.05, 0) is 23.3 Å². The summed E-state index contributed by atoms with van der Waals surface area (Å²) in [7, 11) is 0. The van der Waals surface area contributed by atoms with Gasteiger partial charge in [0.15, 0.2) is 0 Å². The zero-order valence-corrected chi connectivity index (χ0v) is 15.8. The Morgan fingerprint density at radius 1 is 1.08 bits per heavy atom. The molecule has 4 nitrogen and oxygen atoms in total. The normalized spacial score (nSPS) is 15.5. The molecule has 0 radical (unpaired) electrons. The molecule has 5 heteroatoms. The molecule has 134 valence electrons. The third-order valence-electron chi connectivity index (χ3n) is 4.97. The molecule has 0 saturated carbocycles. The third kappa shape index (κ3) is 3.79. The van der Waals surface area contributed by atoms with Gasteiger partial charge in [-0.25, -0.2) is 4.98 Å². The Labute approximate surface area is 158 Å². The van der Waals surface area contributed by atoms with E-state index in [1.807, 2.05) is 30.0 Å². The minimum Gasteiger partial charge on any atom is -0.340 e. The largest absolute Gasteiger partial charge is 0.340 e. The number of thiazole rings is 1. The Kier molecular flexibility index (Phi) is 5.00. The van der Waals surface area contributed by atoms with Gasteiger partial charge in [-0.15, -0.1) is 11.3 Å². The van der Waals surface area contributed by atoms with Crippen molar-refractivity contribution in [1.29, 1.82) is 0 Å². The van der Waals surface area contributed by atoms with Crippen LogP contribution in [0.2, 0.25) is 0 Å². The lowest BCUT2D eigenvalue weighted by Crippen LogP contribution is -2.48. The number of hydrogen-bond acceptors (Lipinski definition) is 4. The molecule has 0 atom stereocenters. The molecule has 0 N–H and O–H groups in total. The number of aromatic nitrogens is 1. The van der Waals surface area contributed by atoms with Crippen molar-refractivity contribution in [3.05, 3.63) is 64.1 Å². The van der Waals surface area contributed by atoms with Gasteiger partial charge >= 0.3 is 0 Å². The number of nitrogens with zero attached hydrogens (tertiary/aromatic N) is 3. The van der Waals surface area contributed by atoms with E-state index in [4.69, 9.17) is 0 Å². The number of rotatable bonds is 4. The fraction of sp³-hybridized carbons (Fsp3) is 0.333. The Hall–Kier alpha value is -2.24. The molecule has 0 aliphatic carbocycles. The van der Waals surface area contributed by atoms with E-state index in [0.29, 0.717) is 6.42 Å². The first-order valence-electron chi connectivity index (χ1n) is 9.07. The summed E-state index contributed by atoms with van der Waals surface area (Å²) in [5.74, 6) is 0.228. The Morgan fingerprint density at radius 3 is 2.62 bits per heavy atom. The highest BCUT2D eigenvalue weighted by Gasteiger charge is 2.22. The zero-order valence-electron chi connectivity index (χ0n) is 15.0. The Balaban J connectivity index is 1.36. The second kappa shape index (κ2) is 7.56. The molecular weight excluding hydrogens is 342 g/mol. The van der Waals surface area contributed by atoms with E-state index in [1.54, 1.807) is 11.3 Å². The van der Waals surface area contributed by atoms with Gasteiger partial charge in [-0.2, -0.15) is 0 Å². The summed E-state index contributed by atoms with van der Waals surface area (Å²) in [6, 6.07) is 14.5. The van der Waals surface area contributed by atoms with Gasteiger partial charge in [-0.1, -0.05) is 42.5 Å². The van der Waals surface area contributed by atoms with Crippen molar-refractivity contribution in [2.24, 2.45) is 0 Å². The summed E-state index contributed by atoms with van der Waals surface area (Å²) >= 11 is 1.72. The predicted molar refractivity (Wildman–Crippen MR) is 106 cm³/mol. The van der Waals surface area contributed by atoms with E-state index >= 15 is 0 Å². The van der Waals surface area contributed by atoms with Crippen LogP contribution in [0, 0.1) is 6.92 Å². The van der Waals surface area contributed by atoms with Crippen molar-refractivity contribution in [1.82, 2.24) is 14.8 Å². The van der Waals surface area contributed by atoms with Crippen LogP contribution < -0.4 is 0 Å². The monoisotopic (exact) mass is 365 g/mol. The summed E-state index contributed by atoms with van der Waals surface area (Å²) in [6.07, 6.45) is 0.479. The van der Waals surface area contributed by atoms with Crippen LogP contribution in [0.25, 0.3) is 10.8 Å². The molecule has 2 heterocycles. The summed E-state index contributed by atoms with van der Waals surface area (Å²) in [6.45, 7) is 6.36. The molecule has 1 aliphatic rings. The molecule has 26 heavy (non-hydrogen) atoms. The van der Waals surface area contributed by atoms with Crippen molar-refractivity contribution in [3.8, 4) is 0 Å².